The van der Waals surface area contributed by atoms with Crippen LogP contribution in [0.5, 0.6) is 0 Å². The molecule has 1 atom stereocenters. The molecule has 0 aliphatic carbocycles. The molecule has 1 aromatic carbocycles. The molecule has 0 spiro atoms. The summed E-state index contributed by atoms with van der Waals surface area (Å²) in [6, 6.07) is 8.07. The monoisotopic (exact) mass is 294 g/mol. The van der Waals surface area contributed by atoms with Gasteiger partial charge in [0, 0.05) is 6.04 Å². The number of hydrogen-bond donors (Lipinski definition) is 1. The Labute approximate surface area is 118 Å². The largest absolute Gasteiger partial charge is 0.240 e. The van der Waals surface area contributed by atoms with Crippen LogP contribution in [0.1, 0.15) is 13.8 Å². The molecule has 0 aliphatic rings. The van der Waals surface area contributed by atoms with Crippen molar-refractivity contribution in [3.05, 3.63) is 42.7 Å². The summed E-state index contributed by atoms with van der Waals surface area (Å²) in [6.07, 6.45) is 3.15. The Kier molecular flexibility index (Phi) is 4.51. The molecule has 7 heteroatoms. The van der Waals surface area contributed by atoms with E-state index in [2.05, 4.69) is 14.9 Å². The molecule has 1 heterocycles. The molecule has 2 rings (SSSR count). The number of nitrogens with one attached hydrogen (secondary N) is 1. The molecule has 0 fully saturated rings. The van der Waals surface area contributed by atoms with Gasteiger partial charge in [0.15, 0.2) is 0 Å². The minimum atomic E-state index is -3.53. The molecule has 0 unspecified atom stereocenters. The summed E-state index contributed by atoms with van der Waals surface area (Å²) in [7, 11) is -3.53. The molecule has 0 aliphatic heterocycles. The van der Waals surface area contributed by atoms with E-state index in [4.69, 9.17) is 0 Å². The number of nitrogens with zero attached hydrogens (tertiary/aromatic N) is 3. The number of rotatable bonds is 6. The highest BCUT2D eigenvalue weighted by Crippen LogP contribution is 2.12. The van der Waals surface area contributed by atoms with Gasteiger partial charge < -0.3 is 0 Å². The third kappa shape index (κ3) is 3.64. The van der Waals surface area contributed by atoms with Gasteiger partial charge in [-0.1, -0.05) is 32.0 Å². The van der Waals surface area contributed by atoms with E-state index in [1.807, 2.05) is 13.8 Å². The van der Waals surface area contributed by atoms with E-state index in [1.165, 1.54) is 4.80 Å². The highest BCUT2D eigenvalue weighted by atomic mass is 32.2. The average Bonchev–Trinajstić information content (AvgIpc) is 2.91. The summed E-state index contributed by atoms with van der Waals surface area (Å²) in [5.41, 5.74) is 0. The van der Waals surface area contributed by atoms with Crippen LogP contribution in [-0.4, -0.2) is 29.5 Å². The predicted molar refractivity (Wildman–Crippen MR) is 75.4 cm³/mol. The van der Waals surface area contributed by atoms with Gasteiger partial charge in [-0.2, -0.15) is 15.0 Å². The minimum Gasteiger partial charge on any atom is -0.207 e. The van der Waals surface area contributed by atoms with Crippen molar-refractivity contribution in [1.82, 2.24) is 19.7 Å². The Morgan fingerprint density at radius 3 is 2.30 bits per heavy atom. The van der Waals surface area contributed by atoms with Gasteiger partial charge >= 0.3 is 0 Å². The van der Waals surface area contributed by atoms with Crippen LogP contribution in [-0.2, 0) is 16.6 Å². The molecule has 108 valence electrons. The van der Waals surface area contributed by atoms with Crippen LogP contribution in [0.15, 0.2) is 47.6 Å². The lowest BCUT2D eigenvalue weighted by Gasteiger charge is -2.21. The molecule has 0 bridgehead atoms. The Morgan fingerprint density at radius 1 is 1.15 bits per heavy atom. The van der Waals surface area contributed by atoms with Gasteiger partial charge in [0.25, 0.3) is 0 Å². The SMILES string of the molecule is CC(C)[C@@H](Cn1nccn1)NS(=O)(=O)c1ccccc1. The number of aromatic nitrogens is 3. The van der Waals surface area contributed by atoms with Gasteiger partial charge in [-0.05, 0) is 18.1 Å². The highest BCUT2D eigenvalue weighted by molar-refractivity contribution is 7.89. The van der Waals surface area contributed by atoms with Crippen LogP contribution in [0.3, 0.4) is 0 Å². The first-order valence-corrected chi connectivity index (χ1v) is 7.89. The summed E-state index contributed by atoms with van der Waals surface area (Å²) in [5.74, 6) is 0.125. The van der Waals surface area contributed by atoms with Crippen LogP contribution in [0.2, 0.25) is 0 Å². The second-order valence-corrected chi connectivity index (χ2v) is 6.58. The zero-order chi connectivity index (χ0) is 14.6. The summed E-state index contributed by atoms with van der Waals surface area (Å²) in [4.78, 5) is 1.75. The quantitative estimate of drug-likeness (QED) is 0.870. The lowest BCUT2D eigenvalue weighted by molar-refractivity contribution is 0.361. The molecule has 6 nitrogen and oxygen atoms in total. The third-order valence-corrected chi connectivity index (χ3v) is 4.50. The molecule has 1 aromatic heterocycles. The van der Waals surface area contributed by atoms with E-state index in [9.17, 15) is 8.42 Å². The molecule has 0 radical (unpaired) electrons. The number of hydrogen-bond acceptors (Lipinski definition) is 4. The van der Waals surface area contributed by atoms with E-state index >= 15 is 0 Å². The summed E-state index contributed by atoms with van der Waals surface area (Å²) in [6.45, 7) is 4.32. The van der Waals surface area contributed by atoms with Crippen molar-refractivity contribution in [2.75, 3.05) is 0 Å². The van der Waals surface area contributed by atoms with Crippen molar-refractivity contribution >= 4 is 10.0 Å². The van der Waals surface area contributed by atoms with E-state index in [0.717, 1.165) is 0 Å². The summed E-state index contributed by atoms with van der Waals surface area (Å²) in [5, 5.41) is 8.02. The predicted octanol–water partition coefficient (Wildman–Crippen LogP) is 1.28. The van der Waals surface area contributed by atoms with Crippen molar-refractivity contribution in [3.8, 4) is 0 Å². The van der Waals surface area contributed by atoms with E-state index in [0.29, 0.717) is 6.54 Å². The van der Waals surface area contributed by atoms with Gasteiger partial charge in [0.1, 0.15) is 0 Å². The van der Waals surface area contributed by atoms with E-state index in [-0.39, 0.29) is 16.9 Å². The van der Waals surface area contributed by atoms with Gasteiger partial charge in [0.05, 0.1) is 23.8 Å². The maximum atomic E-state index is 12.3. The molecule has 2 aromatic rings. The first-order valence-electron chi connectivity index (χ1n) is 6.40. The van der Waals surface area contributed by atoms with E-state index < -0.39 is 10.0 Å². The number of sulfonamides is 1. The maximum absolute atomic E-state index is 12.3. The normalized spacial score (nSPS) is 13.6. The Balaban J connectivity index is 2.16. The van der Waals surface area contributed by atoms with Crippen molar-refractivity contribution in [2.45, 2.75) is 31.3 Å². The lowest BCUT2D eigenvalue weighted by Crippen LogP contribution is -2.41. The zero-order valence-corrected chi connectivity index (χ0v) is 12.3. The van der Waals surface area contributed by atoms with Crippen LogP contribution in [0, 0.1) is 5.92 Å². The second kappa shape index (κ2) is 6.15. The first-order chi connectivity index (χ1) is 9.49. The first kappa shape index (κ1) is 14.7. The molecule has 0 saturated carbocycles. The topological polar surface area (TPSA) is 76.9 Å². The van der Waals surface area contributed by atoms with Crippen LogP contribution in [0.25, 0.3) is 0 Å². The second-order valence-electron chi connectivity index (χ2n) is 4.87. The van der Waals surface area contributed by atoms with Crippen LogP contribution < -0.4 is 4.72 Å². The standard InChI is InChI=1S/C13H18N4O2S/c1-11(2)13(10-17-14-8-9-15-17)16-20(18,19)12-6-4-3-5-7-12/h3-9,11,13,16H,10H2,1-2H3/t13-/m1/s1. The molecule has 1 N–H and O–H groups in total. The Hall–Kier alpha value is -1.73. The molecular weight excluding hydrogens is 276 g/mol. The van der Waals surface area contributed by atoms with Gasteiger partial charge in [-0.15, -0.1) is 0 Å². The Morgan fingerprint density at radius 2 is 1.75 bits per heavy atom. The number of benzene rings is 1. The van der Waals surface area contributed by atoms with Crippen molar-refractivity contribution in [2.24, 2.45) is 5.92 Å². The summed E-state index contributed by atoms with van der Waals surface area (Å²) >= 11 is 0. The van der Waals surface area contributed by atoms with Gasteiger partial charge in [-0.25, -0.2) is 13.1 Å². The van der Waals surface area contributed by atoms with Gasteiger partial charge in [-0.3, -0.25) is 0 Å². The highest BCUT2D eigenvalue weighted by Gasteiger charge is 2.23. The lowest BCUT2D eigenvalue weighted by atomic mass is 10.1. The average molecular weight is 294 g/mol. The fourth-order valence-electron chi connectivity index (χ4n) is 1.76. The fraction of sp³-hybridized carbons (Fsp3) is 0.385. The van der Waals surface area contributed by atoms with Crippen molar-refractivity contribution in [3.63, 3.8) is 0 Å². The zero-order valence-electron chi connectivity index (χ0n) is 11.5. The molecule has 0 saturated heterocycles. The van der Waals surface area contributed by atoms with Crippen molar-refractivity contribution in [1.29, 1.82) is 0 Å². The van der Waals surface area contributed by atoms with Crippen LogP contribution in [0.4, 0.5) is 0 Å². The molecule has 20 heavy (non-hydrogen) atoms. The smallest absolute Gasteiger partial charge is 0.207 e. The van der Waals surface area contributed by atoms with Crippen molar-refractivity contribution < 1.29 is 8.42 Å². The Bertz CT molecular complexity index is 624. The molecular formula is C13H18N4O2S. The van der Waals surface area contributed by atoms with Gasteiger partial charge in [0.2, 0.25) is 10.0 Å². The third-order valence-electron chi connectivity index (χ3n) is 2.99. The fourth-order valence-corrected chi connectivity index (χ4v) is 3.16. The van der Waals surface area contributed by atoms with Crippen LogP contribution >= 0.6 is 0 Å². The molecule has 0 amide bonds. The summed E-state index contributed by atoms with van der Waals surface area (Å²) < 4.78 is 27.3. The van der Waals surface area contributed by atoms with E-state index in [1.54, 1.807) is 42.7 Å². The minimum absolute atomic E-state index is 0.125. The maximum Gasteiger partial charge on any atom is 0.240 e.